The van der Waals surface area contributed by atoms with E-state index in [1.165, 1.54) is 0 Å². The van der Waals surface area contributed by atoms with Crippen LogP contribution in [-0.4, -0.2) is 61.9 Å². The molecule has 3 N–H and O–H groups in total. The lowest BCUT2D eigenvalue weighted by Gasteiger charge is -2.34. The van der Waals surface area contributed by atoms with E-state index in [2.05, 4.69) is 5.32 Å². The average Bonchev–Trinajstić information content (AvgIpc) is 2.84. The molecule has 0 spiro atoms. The Labute approximate surface area is 118 Å². The van der Waals surface area contributed by atoms with Gasteiger partial charge in [0.1, 0.15) is 0 Å². The SMILES string of the molecule is CCOC(=O)NC1CCCN(C(=O)C2COCC2N)C1. The van der Waals surface area contributed by atoms with Gasteiger partial charge < -0.3 is 25.4 Å². The first kappa shape index (κ1) is 15.1. The number of nitrogens with one attached hydrogen (secondary N) is 1. The molecule has 0 bridgehead atoms. The average molecular weight is 285 g/mol. The van der Waals surface area contributed by atoms with Crippen molar-refractivity contribution in [2.45, 2.75) is 31.8 Å². The van der Waals surface area contributed by atoms with Gasteiger partial charge in [0.2, 0.25) is 5.91 Å². The zero-order chi connectivity index (χ0) is 14.5. The van der Waals surface area contributed by atoms with Crippen molar-refractivity contribution in [2.24, 2.45) is 11.7 Å². The van der Waals surface area contributed by atoms with Gasteiger partial charge in [-0.05, 0) is 19.8 Å². The van der Waals surface area contributed by atoms with Crippen molar-refractivity contribution >= 4 is 12.0 Å². The maximum atomic E-state index is 12.4. The molecule has 0 aromatic heterocycles. The predicted octanol–water partition coefficient (Wildman–Crippen LogP) is -0.303. The number of rotatable bonds is 3. The molecule has 0 radical (unpaired) electrons. The molecule has 2 fully saturated rings. The Balaban J connectivity index is 1.86. The second kappa shape index (κ2) is 6.90. The summed E-state index contributed by atoms with van der Waals surface area (Å²) < 4.78 is 10.1. The Hall–Kier alpha value is -1.34. The number of nitrogens with two attached hydrogens (primary N) is 1. The molecule has 7 heteroatoms. The zero-order valence-corrected chi connectivity index (χ0v) is 11.8. The summed E-state index contributed by atoms with van der Waals surface area (Å²) in [7, 11) is 0. The molecule has 20 heavy (non-hydrogen) atoms. The summed E-state index contributed by atoms with van der Waals surface area (Å²) in [5.74, 6) is -0.221. The van der Waals surface area contributed by atoms with E-state index in [-0.39, 0.29) is 23.9 Å². The quantitative estimate of drug-likeness (QED) is 0.742. The van der Waals surface area contributed by atoms with Crippen LogP contribution in [0.3, 0.4) is 0 Å². The first-order valence-corrected chi connectivity index (χ1v) is 7.17. The van der Waals surface area contributed by atoms with E-state index in [0.717, 1.165) is 12.8 Å². The van der Waals surface area contributed by atoms with Gasteiger partial charge in [-0.15, -0.1) is 0 Å². The Morgan fingerprint density at radius 3 is 2.90 bits per heavy atom. The number of amides is 2. The molecule has 3 atom stereocenters. The minimum atomic E-state index is -0.423. The molecule has 0 aliphatic carbocycles. The van der Waals surface area contributed by atoms with Crippen LogP contribution >= 0.6 is 0 Å². The number of carbonyl (C=O) groups excluding carboxylic acids is 2. The van der Waals surface area contributed by atoms with Gasteiger partial charge in [0.05, 0.1) is 25.7 Å². The van der Waals surface area contributed by atoms with E-state index in [9.17, 15) is 9.59 Å². The lowest BCUT2D eigenvalue weighted by Crippen LogP contribution is -2.53. The van der Waals surface area contributed by atoms with Gasteiger partial charge >= 0.3 is 6.09 Å². The Kier molecular flexibility index (Phi) is 5.19. The number of alkyl carbamates (subject to hydrolysis) is 1. The van der Waals surface area contributed by atoms with Crippen molar-refractivity contribution in [2.75, 3.05) is 32.9 Å². The highest BCUT2D eigenvalue weighted by Crippen LogP contribution is 2.18. The van der Waals surface area contributed by atoms with Gasteiger partial charge in [-0.2, -0.15) is 0 Å². The van der Waals surface area contributed by atoms with E-state index >= 15 is 0 Å². The lowest BCUT2D eigenvalue weighted by molar-refractivity contribution is -0.137. The maximum Gasteiger partial charge on any atom is 0.407 e. The van der Waals surface area contributed by atoms with Crippen molar-refractivity contribution in [3.63, 3.8) is 0 Å². The second-order valence-electron chi connectivity index (χ2n) is 5.30. The van der Waals surface area contributed by atoms with Gasteiger partial charge in [0.25, 0.3) is 0 Å². The summed E-state index contributed by atoms with van der Waals surface area (Å²) >= 11 is 0. The summed E-state index contributed by atoms with van der Waals surface area (Å²) in [6.45, 7) is 4.17. The van der Waals surface area contributed by atoms with Gasteiger partial charge in [-0.3, -0.25) is 4.79 Å². The van der Waals surface area contributed by atoms with Gasteiger partial charge in [0, 0.05) is 25.2 Å². The topological polar surface area (TPSA) is 93.9 Å². The Morgan fingerprint density at radius 1 is 1.45 bits per heavy atom. The van der Waals surface area contributed by atoms with Gasteiger partial charge in [0.15, 0.2) is 0 Å². The number of ether oxygens (including phenoxy) is 2. The molecular weight excluding hydrogens is 262 g/mol. The van der Waals surface area contributed by atoms with Crippen LogP contribution in [0.5, 0.6) is 0 Å². The van der Waals surface area contributed by atoms with Crippen molar-refractivity contribution in [1.29, 1.82) is 0 Å². The monoisotopic (exact) mass is 285 g/mol. The third kappa shape index (κ3) is 3.61. The molecular formula is C13H23N3O4. The van der Waals surface area contributed by atoms with E-state index in [1.54, 1.807) is 11.8 Å². The molecule has 0 aromatic carbocycles. The molecule has 2 aliphatic rings. The Morgan fingerprint density at radius 2 is 2.25 bits per heavy atom. The molecule has 0 saturated carbocycles. The summed E-state index contributed by atoms with van der Waals surface area (Å²) in [6.07, 6.45) is 1.30. The largest absolute Gasteiger partial charge is 0.450 e. The van der Waals surface area contributed by atoms with Crippen LogP contribution in [-0.2, 0) is 14.3 Å². The number of hydrogen-bond acceptors (Lipinski definition) is 5. The van der Waals surface area contributed by atoms with Crippen LogP contribution in [0.15, 0.2) is 0 Å². The van der Waals surface area contributed by atoms with Crippen molar-refractivity contribution < 1.29 is 19.1 Å². The summed E-state index contributed by atoms with van der Waals surface area (Å²) in [6, 6.07) is -0.272. The number of hydrogen-bond donors (Lipinski definition) is 2. The summed E-state index contributed by atoms with van der Waals surface area (Å²) in [5, 5.41) is 2.79. The van der Waals surface area contributed by atoms with Crippen LogP contribution < -0.4 is 11.1 Å². The van der Waals surface area contributed by atoms with E-state index < -0.39 is 6.09 Å². The Bertz CT molecular complexity index is 364. The molecule has 2 aliphatic heterocycles. The minimum Gasteiger partial charge on any atom is -0.450 e. The molecule has 2 amide bonds. The van der Waals surface area contributed by atoms with Crippen molar-refractivity contribution in [3.8, 4) is 0 Å². The number of nitrogens with zero attached hydrogens (tertiary/aromatic N) is 1. The fourth-order valence-corrected chi connectivity index (χ4v) is 2.69. The zero-order valence-electron chi connectivity index (χ0n) is 11.8. The van der Waals surface area contributed by atoms with E-state index in [1.807, 2.05) is 0 Å². The van der Waals surface area contributed by atoms with E-state index in [0.29, 0.717) is 32.9 Å². The first-order valence-electron chi connectivity index (χ1n) is 7.17. The third-order valence-corrected chi connectivity index (χ3v) is 3.77. The minimum absolute atomic E-state index is 0.0327. The molecule has 2 rings (SSSR count). The summed E-state index contributed by atoms with van der Waals surface area (Å²) in [5.41, 5.74) is 5.88. The van der Waals surface area contributed by atoms with Crippen LogP contribution in [0.2, 0.25) is 0 Å². The van der Waals surface area contributed by atoms with Crippen LogP contribution in [0.25, 0.3) is 0 Å². The summed E-state index contributed by atoms with van der Waals surface area (Å²) in [4.78, 5) is 25.6. The van der Waals surface area contributed by atoms with Gasteiger partial charge in [-0.1, -0.05) is 0 Å². The molecule has 2 saturated heterocycles. The molecule has 2 heterocycles. The number of carbonyl (C=O) groups is 2. The highest BCUT2D eigenvalue weighted by atomic mass is 16.5. The van der Waals surface area contributed by atoms with Gasteiger partial charge in [-0.25, -0.2) is 4.79 Å². The number of piperidine rings is 1. The molecule has 3 unspecified atom stereocenters. The maximum absolute atomic E-state index is 12.4. The van der Waals surface area contributed by atoms with Crippen molar-refractivity contribution in [1.82, 2.24) is 10.2 Å². The standard InChI is InChI=1S/C13H23N3O4/c1-2-20-13(18)15-9-4-3-5-16(6-9)12(17)10-7-19-8-11(10)14/h9-11H,2-8,14H2,1H3,(H,15,18). The number of likely N-dealkylation sites (tertiary alicyclic amines) is 1. The first-order chi connectivity index (χ1) is 9.61. The third-order valence-electron chi connectivity index (χ3n) is 3.77. The van der Waals surface area contributed by atoms with Crippen LogP contribution in [0.1, 0.15) is 19.8 Å². The predicted molar refractivity (Wildman–Crippen MR) is 72.0 cm³/mol. The second-order valence-corrected chi connectivity index (χ2v) is 5.30. The van der Waals surface area contributed by atoms with Crippen molar-refractivity contribution in [3.05, 3.63) is 0 Å². The van der Waals surface area contributed by atoms with Crippen LogP contribution in [0.4, 0.5) is 4.79 Å². The fraction of sp³-hybridized carbons (Fsp3) is 0.846. The van der Waals surface area contributed by atoms with E-state index in [4.69, 9.17) is 15.2 Å². The normalized spacial score (nSPS) is 30.1. The smallest absolute Gasteiger partial charge is 0.407 e. The van der Waals surface area contributed by atoms with Crippen LogP contribution in [0, 0.1) is 5.92 Å². The molecule has 0 aromatic rings. The highest BCUT2D eigenvalue weighted by Gasteiger charge is 2.36. The molecule has 7 nitrogen and oxygen atoms in total. The molecule has 114 valence electrons. The fourth-order valence-electron chi connectivity index (χ4n) is 2.69. The highest BCUT2D eigenvalue weighted by molar-refractivity contribution is 5.80. The lowest BCUT2D eigenvalue weighted by atomic mass is 9.99.